The summed E-state index contributed by atoms with van der Waals surface area (Å²) < 4.78 is 30.3. The van der Waals surface area contributed by atoms with Crippen molar-refractivity contribution >= 4 is 38.9 Å². The molecular formula is C21H24Cl2N2O4S. The van der Waals surface area contributed by atoms with Gasteiger partial charge in [-0.05, 0) is 42.0 Å². The third-order valence-electron chi connectivity index (χ3n) is 5.00. The second-order valence-corrected chi connectivity index (χ2v) is 10.0. The Bertz CT molecular complexity index is 944. The zero-order valence-electron chi connectivity index (χ0n) is 16.4. The van der Waals surface area contributed by atoms with Crippen molar-refractivity contribution in [1.29, 1.82) is 0 Å². The number of hydrogen-bond acceptors (Lipinski definition) is 5. The predicted molar refractivity (Wildman–Crippen MR) is 118 cm³/mol. The number of ether oxygens (including phenoxy) is 1. The normalized spacial score (nSPS) is 16.2. The van der Waals surface area contributed by atoms with Gasteiger partial charge in [-0.2, -0.15) is 0 Å². The number of carbonyl (C=O) groups is 1. The summed E-state index contributed by atoms with van der Waals surface area (Å²) >= 11 is 11.8. The van der Waals surface area contributed by atoms with Gasteiger partial charge in [-0.15, -0.1) is 0 Å². The Morgan fingerprint density at radius 1 is 1.00 bits per heavy atom. The third-order valence-corrected chi connectivity index (χ3v) is 7.24. The van der Waals surface area contributed by atoms with Gasteiger partial charge >= 0.3 is 0 Å². The maximum atomic E-state index is 12.4. The second-order valence-electron chi connectivity index (χ2n) is 7.04. The Kier molecular flexibility index (Phi) is 8.13. The Hall–Kier alpha value is -1.64. The van der Waals surface area contributed by atoms with Gasteiger partial charge in [0.1, 0.15) is 0 Å². The number of rotatable bonds is 8. The van der Waals surface area contributed by atoms with Crippen molar-refractivity contribution in [1.82, 2.24) is 10.2 Å². The average molecular weight is 471 g/mol. The Morgan fingerprint density at radius 2 is 1.57 bits per heavy atom. The van der Waals surface area contributed by atoms with E-state index in [-0.39, 0.29) is 29.0 Å². The largest absolute Gasteiger partial charge is 0.379 e. The van der Waals surface area contributed by atoms with Crippen LogP contribution in [-0.2, 0) is 19.4 Å². The van der Waals surface area contributed by atoms with E-state index in [2.05, 4.69) is 10.2 Å². The van der Waals surface area contributed by atoms with Crippen LogP contribution in [0.4, 0.5) is 0 Å². The number of halogens is 2. The van der Waals surface area contributed by atoms with E-state index < -0.39 is 9.84 Å². The van der Waals surface area contributed by atoms with Crippen LogP contribution >= 0.6 is 23.2 Å². The zero-order valence-corrected chi connectivity index (χ0v) is 18.7. The van der Waals surface area contributed by atoms with E-state index in [0.717, 1.165) is 18.7 Å². The fraction of sp³-hybridized carbons (Fsp3) is 0.381. The fourth-order valence-corrected chi connectivity index (χ4v) is 4.81. The lowest BCUT2D eigenvalue weighted by molar-refractivity contribution is -0.121. The molecule has 1 aliphatic rings. The summed E-state index contributed by atoms with van der Waals surface area (Å²) in [5, 5.41) is 4.00. The van der Waals surface area contributed by atoms with Crippen molar-refractivity contribution in [2.75, 3.05) is 38.6 Å². The third kappa shape index (κ3) is 6.43. The van der Waals surface area contributed by atoms with Gasteiger partial charge < -0.3 is 10.1 Å². The van der Waals surface area contributed by atoms with Crippen molar-refractivity contribution in [2.24, 2.45) is 0 Å². The van der Waals surface area contributed by atoms with Gasteiger partial charge in [0.05, 0.1) is 29.9 Å². The highest BCUT2D eigenvalue weighted by molar-refractivity contribution is 7.91. The molecule has 1 atom stereocenters. The minimum atomic E-state index is -3.55. The number of nitrogens with one attached hydrogen (secondary N) is 1. The summed E-state index contributed by atoms with van der Waals surface area (Å²) in [4.78, 5) is 14.8. The molecule has 0 radical (unpaired) electrons. The molecule has 6 nitrogen and oxygen atoms in total. The minimum Gasteiger partial charge on any atom is -0.379 e. The van der Waals surface area contributed by atoms with Crippen molar-refractivity contribution in [3.8, 4) is 0 Å². The molecule has 2 aromatic rings. The van der Waals surface area contributed by atoms with E-state index >= 15 is 0 Å². The van der Waals surface area contributed by atoms with E-state index in [0.29, 0.717) is 29.8 Å². The van der Waals surface area contributed by atoms with E-state index in [1.165, 1.54) is 24.3 Å². The first-order valence-electron chi connectivity index (χ1n) is 9.67. The Labute approximate surface area is 187 Å². The molecule has 0 spiro atoms. The van der Waals surface area contributed by atoms with Crippen LogP contribution in [0.15, 0.2) is 53.4 Å². The highest BCUT2D eigenvalue weighted by Gasteiger charge is 2.24. The van der Waals surface area contributed by atoms with Crippen molar-refractivity contribution < 1.29 is 17.9 Å². The molecule has 1 N–H and O–H groups in total. The summed E-state index contributed by atoms with van der Waals surface area (Å²) in [6.07, 6.45) is -0.110. The van der Waals surface area contributed by atoms with E-state index in [1.54, 1.807) is 0 Å². The van der Waals surface area contributed by atoms with Crippen molar-refractivity contribution in [3.63, 3.8) is 0 Å². The first-order chi connectivity index (χ1) is 14.3. The highest BCUT2D eigenvalue weighted by Crippen LogP contribution is 2.23. The number of morpholine rings is 1. The maximum absolute atomic E-state index is 12.4. The maximum Gasteiger partial charge on any atom is 0.221 e. The summed E-state index contributed by atoms with van der Waals surface area (Å²) in [6.45, 7) is 3.17. The first-order valence-corrected chi connectivity index (χ1v) is 12.1. The molecule has 1 amide bonds. The molecule has 0 aliphatic carbocycles. The van der Waals surface area contributed by atoms with Crippen LogP contribution in [-0.4, -0.2) is 57.8 Å². The molecule has 0 bridgehead atoms. The van der Waals surface area contributed by atoms with Gasteiger partial charge in [-0.3, -0.25) is 9.69 Å². The lowest BCUT2D eigenvalue weighted by Crippen LogP contribution is -2.44. The molecule has 162 valence electrons. The number of nitrogens with zero attached hydrogens (tertiary/aromatic N) is 1. The molecule has 30 heavy (non-hydrogen) atoms. The first kappa shape index (κ1) is 23.0. The van der Waals surface area contributed by atoms with Crippen LogP contribution < -0.4 is 5.32 Å². The number of carbonyl (C=O) groups excluding carboxylic acids is 1. The summed E-state index contributed by atoms with van der Waals surface area (Å²) in [5.74, 6) is -0.566. The quantitative estimate of drug-likeness (QED) is 0.639. The number of sulfone groups is 1. The van der Waals surface area contributed by atoms with Crippen LogP contribution in [0, 0.1) is 0 Å². The molecule has 3 rings (SSSR count). The molecule has 1 fully saturated rings. The lowest BCUT2D eigenvalue weighted by atomic mass is 10.0. The fourth-order valence-electron chi connectivity index (χ4n) is 3.32. The molecule has 1 unspecified atom stereocenters. The molecule has 1 saturated heterocycles. The smallest absolute Gasteiger partial charge is 0.221 e. The van der Waals surface area contributed by atoms with Gasteiger partial charge in [0, 0.05) is 36.1 Å². The van der Waals surface area contributed by atoms with Gasteiger partial charge in [0.15, 0.2) is 9.84 Å². The van der Waals surface area contributed by atoms with Gasteiger partial charge in [-0.25, -0.2) is 8.42 Å². The van der Waals surface area contributed by atoms with E-state index in [9.17, 15) is 13.2 Å². The van der Waals surface area contributed by atoms with Crippen molar-refractivity contribution in [3.05, 3.63) is 64.1 Å². The topological polar surface area (TPSA) is 75.7 Å². The van der Waals surface area contributed by atoms with E-state index in [4.69, 9.17) is 27.9 Å². The number of amides is 1. The molecular weight excluding hydrogens is 447 g/mol. The second kappa shape index (κ2) is 10.6. The molecule has 9 heteroatoms. The predicted octanol–water partition coefficient (Wildman–Crippen LogP) is 3.35. The standard InChI is InChI=1S/C21H24Cl2N2O4S/c22-17-3-1-16(2-4-17)20(25-10-12-29-13-11-25)15-24-21(26)9-14-30(27,28)19-7-5-18(23)6-8-19/h1-8,20H,9-15H2,(H,24,26). The van der Waals surface area contributed by atoms with Crippen LogP contribution in [0.3, 0.4) is 0 Å². The minimum absolute atomic E-state index is 0.0389. The van der Waals surface area contributed by atoms with Crippen LogP contribution in [0.5, 0.6) is 0 Å². The monoisotopic (exact) mass is 470 g/mol. The molecule has 0 saturated carbocycles. The Balaban J connectivity index is 1.59. The molecule has 0 aromatic heterocycles. The number of benzene rings is 2. The van der Waals surface area contributed by atoms with Gasteiger partial charge in [0.2, 0.25) is 5.91 Å². The number of hydrogen-bond donors (Lipinski definition) is 1. The van der Waals surface area contributed by atoms with Crippen LogP contribution in [0.25, 0.3) is 0 Å². The molecule has 1 heterocycles. The summed E-state index contributed by atoms with van der Waals surface area (Å²) in [5.41, 5.74) is 1.04. The highest BCUT2D eigenvalue weighted by atomic mass is 35.5. The van der Waals surface area contributed by atoms with Crippen LogP contribution in [0.1, 0.15) is 18.0 Å². The van der Waals surface area contributed by atoms with Gasteiger partial charge in [-0.1, -0.05) is 35.3 Å². The van der Waals surface area contributed by atoms with Crippen LogP contribution in [0.2, 0.25) is 10.0 Å². The Morgan fingerprint density at radius 3 is 2.17 bits per heavy atom. The summed E-state index contributed by atoms with van der Waals surface area (Å²) in [6, 6.07) is 13.4. The average Bonchev–Trinajstić information content (AvgIpc) is 2.75. The van der Waals surface area contributed by atoms with E-state index in [1.807, 2.05) is 24.3 Å². The molecule has 1 aliphatic heterocycles. The SMILES string of the molecule is O=C(CCS(=O)(=O)c1ccc(Cl)cc1)NCC(c1ccc(Cl)cc1)N1CCOCC1. The van der Waals surface area contributed by atoms with Crippen molar-refractivity contribution in [2.45, 2.75) is 17.4 Å². The van der Waals surface area contributed by atoms with Gasteiger partial charge in [0.25, 0.3) is 0 Å². The zero-order chi connectivity index (χ0) is 21.6. The summed E-state index contributed by atoms with van der Waals surface area (Å²) in [7, 11) is -3.55. The lowest BCUT2D eigenvalue weighted by Gasteiger charge is -2.35. The molecule has 2 aromatic carbocycles.